The molecule has 1 saturated carbocycles. The maximum atomic E-state index is 13.5. The maximum absolute atomic E-state index is 13.5. The van der Waals surface area contributed by atoms with Crippen molar-refractivity contribution in [3.8, 4) is 22.8 Å². The second-order valence-corrected chi connectivity index (χ2v) is 11.6. The van der Waals surface area contributed by atoms with Crippen molar-refractivity contribution < 1.29 is 34.3 Å². The van der Waals surface area contributed by atoms with Crippen LogP contribution in [0.15, 0.2) is 72.8 Å². The minimum absolute atomic E-state index is 0. The highest BCUT2D eigenvalue weighted by molar-refractivity contribution is 7.88. The third-order valence-corrected chi connectivity index (χ3v) is 7.56. The Morgan fingerprint density at radius 1 is 1.00 bits per heavy atom. The summed E-state index contributed by atoms with van der Waals surface area (Å²) in [6, 6.07) is 21.2. The van der Waals surface area contributed by atoms with E-state index in [-0.39, 0.29) is 26.8 Å². The molecule has 1 amide bonds. The minimum atomic E-state index is -3.73. The lowest BCUT2D eigenvalue weighted by atomic mass is 9.94. The first-order valence-electron chi connectivity index (χ1n) is 12.2. The van der Waals surface area contributed by atoms with Crippen LogP contribution in [-0.2, 0) is 26.8 Å². The van der Waals surface area contributed by atoms with Crippen LogP contribution in [0.3, 0.4) is 0 Å². The predicted molar refractivity (Wildman–Crippen MR) is 145 cm³/mol. The quantitative estimate of drug-likeness (QED) is 0.315. The molecule has 204 valence electrons. The number of fused-ring (bicyclic) bond motifs is 2. The Labute approximate surface area is 226 Å². The van der Waals surface area contributed by atoms with Crippen molar-refractivity contribution in [3.05, 3.63) is 83.9 Å². The van der Waals surface area contributed by atoms with E-state index in [0.29, 0.717) is 29.9 Å². The van der Waals surface area contributed by atoms with Crippen molar-refractivity contribution in [1.29, 1.82) is 0 Å². The predicted octanol–water partition coefficient (Wildman–Crippen LogP) is 5.43. The van der Waals surface area contributed by atoms with Crippen molar-refractivity contribution in [2.45, 2.75) is 31.1 Å². The fraction of sp³-hybridized carbons (Fsp3) is 0.214. The van der Waals surface area contributed by atoms with E-state index in [1.807, 2.05) is 48.5 Å². The molecule has 1 fully saturated rings. The zero-order chi connectivity index (χ0) is 27.4. The molecular formula is C28H27F2N3O5S. The molecule has 0 unspecified atom stereocenters. The summed E-state index contributed by atoms with van der Waals surface area (Å²) in [5.74, 6) is -0.101. The monoisotopic (exact) mass is 555 g/mol. The minimum Gasteiger partial charge on any atom is -0.395 e. The van der Waals surface area contributed by atoms with Gasteiger partial charge in [-0.1, -0.05) is 54.6 Å². The van der Waals surface area contributed by atoms with E-state index in [1.165, 1.54) is 12.1 Å². The van der Waals surface area contributed by atoms with Gasteiger partial charge in [-0.25, -0.2) is 18.1 Å². The van der Waals surface area contributed by atoms with Gasteiger partial charge in [0.1, 0.15) is 5.82 Å². The highest BCUT2D eigenvalue weighted by atomic mass is 32.2. The summed E-state index contributed by atoms with van der Waals surface area (Å²) >= 11 is 0. The molecule has 2 heterocycles. The first-order chi connectivity index (χ1) is 18.5. The van der Waals surface area contributed by atoms with Crippen molar-refractivity contribution >= 4 is 32.5 Å². The number of benzene rings is 3. The molecule has 0 saturated heterocycles. The van der Waals surface area contributed by atoms with E-state index in [9.17, 15) is 22.0 Å². The number of nitrogens with one attached hydrogen (secondary N) is 2. The summed E-state index contributed by atoms with van der Waals surface area (Å²) in [4.78, 5) is 18.2. The molecule has 1 aliphatic heterocycles. The highest BCUT2D eigenvalue weighted by Gasteiger charge is 2.53. The first kappa shape index (κ1) is 25.2. The Kier molecular flexibility index (Phi) is 5.81. The zero-order valence-electron chi connectivity index (χ0n) is 20.7. The number of alkyl halides is 2. The van der Waals surface area contributed by atoms with Gasteiger partial charge in [0.15, 0.2) is 11.5 Å². The van der Waals surface area contributed by atoms with E-state index in [4.69, 9.17) is 4.98 Å². The van der Waals surface area contributed by atoms with Crippen LogP contribution in [0.1, 0.15) is 26.8 Å². The zero-order valence-corrected chi connectivity index (χ0v) is 21.5. The third-order valence-electron chi connectivity index (χ3n) is 6.89. The van der Waals surface area contributed by atoms with Gasteiger partial charge in [-0.3, -0.25) is 4.79 Å². The summed E-state index contributed by atoms with van der Waals surface area (Å²) < 4.78 is 61.3. The van der Waals surface area contributed by atoms with Crippen LogP contribution < -0.4 is 19.5 Å². The Hall–Kier alpha value is -4.09. The van der Waals surface area contributed by atoms with Crippen LogP contribution in [0.2, 0.25) is 0 Å². The number of anilines is 1. The summed E-state index contributed by atoms with van der Waals surface area (Å²) in [7, 11) is -3.32. The molecule has 3 aromatic carbocycles. The van der Waals surface area contributed by atoms with Crippen molar-refractivity contribution in [2.24, 2.45) is 0 Å². The SMILES string of the molecule is CS(=O)(=O)NCc1ccc(-c2nc(NC(=O)C3(c4ccc5c(c4)OC(F)(F)O5)CC3)cc3ccccc23)cc1.[HH].[HH]. The molecule has 1 aliphatic carbocycles. The Bertz CT molecular complexity index is 1730. The third kappa shape index (κ3) is 5.02. The fourth-order valence-electron chi connectivity index (χ4n) is 4.73. The average Bonchev–Trinajstić information content (AvgIpc) is 3.64. The normalized spacial score (nSPS) is 16.7. The smallest absolute Gasteiger partial charge is 0.395 e. The van der Waals surface area contributed by atoms with Crippen molar-refractivity contribution in [3.63, 3.8) is 0 Å². The molecule has 4 aromatic rings. The number of rotatable bonds is 7. The number of pyridine rings is 1. The molecule has 0 spiro atoms. The second-order valence-electron chi connectivity index (χ2n) is 9.73. The highest BCUT2D eigenvalue weighted by Crippen LogP contribution is 2.52. The lowest BCUT2D eigenvalue weighted by molar-refractivity contribution is -0.286. The number of hydrogen-bond acceptors (Lipinski definition) is 6. The molecule has 0 bridgehead atoms. The molecule has 6 rings (SSSR count). The molecular weight excluding hydrogens is 528 g/mol. The first-order valence-corrected chi connectivity index (χ1v) is 14.1. The van der Waals surface area contributed by atoms with E-state index < -0.39 is 21.7 Å². The number of sulfonamides is 1. The molecule has 2 N–H and O–H groups in total. The van der Waals surface area contributed by atoms with E-state index in [2.05, 4.69) is 19.5 Å². The van der Waals surface area contributed by atoms with Gasteiger partial charge in [0.25, 0.3) is 0 Å². The number of amides is 1. The van der Waals surface area contributed by atoms with Crippen LogP contribution in [-0.4, -0.2) is 31.9 Å². The number of hydrogen-bond donors (Lipinski definition) is 2. The largest absolute Gasteiger partial charge is 0.586 e. The molecule has 39 heavy (non-hydrogen) atoms. The van der Waals surface area contributed by atoms with Crippen LogP contribution in [0.5, 0.6) is 11.5 Å². The molecule has 0 radical (unpaired) electrons. The number of aromatic nitrogens is 1. The van der Waals surface area contributed by atoms with Gasteiger partial charge < -0.3 is 14.8 Å². The standard InChI is InChI=1S/C28H23F2N3O5S.2H2/c1-39(35,36)31-16-17-6-8-18(9-7-17)25-21-5-3-2-4-19(21)14-24(32-25)33-26(34)27(12-13-27)20-10-11-22-23(15-20)38-28(29,30)37-22;;/h2-11,14-15,31H,12-13,16H2,1H3,(H,32,33,34);2*1H. The summed E-state index contributed by atoms with van der Waals surface area (Å²) in [6.07, 6.45) is -1.52. The van der Waals surface area contributed by atoms with E-state index in [0.717, 1.165) is 28.2 Å². The average molecular weight is 556 g/mol. The second kappa shape index (κ2) is 8.99. The van der Waals surface area contributed by atoms with Gasteiger partial charge in [0.2, 0.25) is 15.9 Å². The van der Waals surface area contributed by atoms with Gasteiger partial charge in [-0.05, 0) is 47.6 Å². The Morgan fingerprint density at radius 2 is 1.72 bits per heavy atom. The fourth-order valence-corrected chi connectivity index (χ4v) is 5.16. The van der Waals surface area contributed by atoms with E-state index >= 15 is 0 Å². The Morgan fingerprint density at radius 3 is 2.44 bits per heavy atom. The number of nitrogens with zero attached hydrogens (tertiary/aromatic N) is 1. The lowest BCUT2D eigenvalue weighted by Crippen LogP contribution is -2.28. The van der Waals surface area contributed by atoms with Crippen molar-refractivity contribution in [2.75, 3.05) is 11.6 Å². The van der Waals surface area contributed by atoms with Gasteiger partial charge in [0.05, 0.1) is 17.4 Å². The summed E-state index contributed by atoms with van der Waals surface area (Å²) in [5.41, 5.74) is 1.93. The number of carbonyl (C=O) groups is 1. The van der Waals surface area contributed by atoms with Crippen LogP contribution in [0.25, 0.3) is 22.0 Å². The molecule has 0 atom stereocenters. The summed E-state index contributed by atoms with van der Waals surface area (Å²) in [6.45, 7) is 0.170. The lowest BCUT2D eigenvalue weighted by Gasteiger charge is -2.17. The molecule has 11 heteroatoms. The van der Waals surface area contributed by atoms with Gasteiger partial charge in [-0.15, -0.1) is 8.78 Å². The van der Waals surface area contributed by atoms with Gasteiger partial charge in [0, 0.05) is 20.3 Å². The maximum Gasteiger partial charge on any atom is 0.586 e. The number of halogens is 2. The van der Waals surface area contributed by atoms with Crippen LogP contribution in [0, 0.1) is 0 Å². The van der Waals surface area contributed by atoms with E-state index in [1.54, 1.807) is 12.1 Å². The molecule has 1 aromatic heterocycles. The number of carbonyl (C=O) groups excluding carboxylic acids is 1. The van der Waals surface area contributed by atoms with Crippen LogP contribution in [0.4, 0.5) is 14.6 Å². The molecule has 2 aliphatic rings. The van der Waals surface area contributed by atoms with Crippen molar-refractivity contribution in [1.82, 2.24) is 9.71 Å². The number of ether oxygens (including phenoxy) is 2. The van der Waals surface area contributed by atoms with Gasteiger partial charge in [-0.2, -0.15) is 0 Å². The topological polar surface area (TPSA) is 107 Å². The molecule has 8 nitrogen and oxygen atoms in total. The van der Waals surface area contributed by atoms with Gasteiger partial charge >= 0.3 is 6.29 Å². The van der Waals surface area contributed by atoms with Crippen LogP contribution >= 0.6 is 0 Å². The summed E-state index contributed by atoms with van der Waals surface area (Å²) in [5, 5.41) is 4.69. The Balaban J connectivity index is 0.00000194.